The van der Waals surface area contributed by atoms with Crippen molar-refractivity contribution in [3.05, 3.63) is 237 Å². The van der Waals surface area contributed by atoms with Crippen molar-refractivity contribution < 1.29 is 0 Å². The summed E-state index contributed by atoms with van der Waals surface area (Å²) in [5.74, 6) is 0.673. The summed E-state index contributed by atoms with van der Waals surface area (Å²) in [5, 5.41) is 2.37. The van der Waals surface area contributed by atoms with Gasteiger partial charge >= 0.3 is 0 Å². The Morgan fingerprint density at radius 1 is 0.262 bits per heavy atom. The summed E-state index contributed by atoms with van der Waals surface area (Å²) in [6.07, 6.45) is 0. The van der Waals surface area contributed by atoms with E-state index in [4.69, 9.17) is 9.97 Å². The second kappa shape index (κ2) is 15.6. The second-order valence-corrected chi connectivity index (χ2v) is 15.4. The minimum Gasteiger partial charge on any atom is -0.308 e. The van der Waals surface area contributed by atoms with E-state index in [9.17, 15) is 0 Å². The first-order valence-corrected chi connectivity index (χ1v) is 20.7. The average Bonchev–Trinajstić information content (AvgIpc) is 3.69. The highest BCUT2D eigenvalue weighted by atomic mass is 15.0. The van der Waals surface area contributed by atoms with Crippen LogP contribution in [-0.2, 0) is 0 Å². The topological polar surface area (TPSA) is 30.7 Å². The number of rotatable bonds is 8. The summed E-state index contributed by atoms with van der Waals surface area (Å²) < 4.78 is 2.49. The third kappa shape index (κ3) is 6.78. The first-order chi connectivity index (χ1) is 30.2. The molecule has 0 aliphatic rings. The molecule has 0 fully saturated rings. The first kappa shape index (κ1) is 36.0. The number of hydrogen-bond acceptors (Lipinski definition) is 2. The number of aromatic nitrogens is 3. The van der Waals surface area contributed by atoms with E-state index in [-0.39, 0.29) is 0 Å². The smallest absolute Gasteiger partial charge is 0.160 e. The zero-order chi connectivity index (χ0) is 40.5. The molecule has 0 unspecified atom stereocenters. The lowest BCUT2D eigenvalue weighted by molar-refractivity contribution is 1.16. The fourth-order valence-corrected chi connectivity index (χ4v) is 8.68. The van der Waals surface area contributed by atoms with Crippen molar-refractivity contribution in [3.8, 4) is 84.1 Å². The van der Waals surface area contributed by atoms with Gasteiger partial charge in [-0.2, -0.15) is 0 Å². The van der Waals surface area contributed by atoms with Crippen molar-refractivity contribution in [2.24, 2.45) is 0 Å². The van der Waals surface area contributed by atoms with Gasteiger partial charge in [0.2, 0.25) is 0 Å². The van der Waals surface area contributed by atoms with Crippen molar-refractivity contribution in [3.63, 3.8) is 0 Å². The van der Waals surface area contributed by atoms with Crippen LogP contribution in [0.15, 0.2) is 237 Å². The van der Waals surface area contributed by atoms with E-state index in [2.05, 4.69) is 229 Å². The molecule has 11 rings (SSSR count). The molecule has 0 radical (unpaired) electrons. The minimum absolute atomic E-state index is 0.673. The molecule has 0 atom stereocenters. The monoisotopic (exact) mass is 777 g/mol. The lowest BCUT2D eigenvalue weighted by Gasteiger charge is -2.16. The second-order valence-electron chi connectivity index (χ2n) is 15.4. The van der Waals surface area contributed by atoms with Crippen molar-refractivity contribution in [2.45, 2.75) is 0 Å². The van der Waals surface area contributed by atoms with Crippen LogP contribution in [0.5, 0.6) is 0 Å². The van der Waals surface area contributed by atoms with E-state index in [1.54, 1.807) is 0 Å². The van der Waals surface area contributed by atoms with Gasteiger partial charge in [0.1, 0.15) is 0 Å². The molecule has 0 N–H and O–H groups in total. The lowest BCUT2D eigenvalue weighted by Crippen LogP contribution is -2.00. The molecule has 0 amide bonds. The molecule has 286 valence electrons. The van der Waals surface area contributed by atoms with Crippen LogP contribution in [-0.4, -0.2) is 14.5 Å². The fraction of sp³-hybridized carbons (Fsp3) is 0. The molecule has 0 bridgehead atoms. The molecule has 11 aromatic rings. The van der Waals surface area contributed by atoms with Crippen molar-refractivity contribution >= 4 is 21.8 Å². The van der Waals surface area contributed by atoms with Crippen LogP contribution >= 0.6 is 0 Å². The molecule has 2 aromatic heterocycles. The standard InChI is InChI=1S/C58H39N3/c1-7-20-40(21-8-1)47-35-50(42-24-11-3-12-25-42)56-52(37-47)53-38-48(41-22-9-2-10-23-41)36-51(43-26-13-4-14-27-43)57(53)61(56)49-33-19-32-46(34-49)58-59-54(44-28-15-5-16-29-44)39-55(60-58)45-30-17-6-18-31-45/h1-39H. The predicted molar refractivity (Wildman–Crippen MR) is 254 cm³/mol. The molecule has 0 saturated heterocycles. The Kier molecular flexibility index (Phi) is 9.18. The van der Waals surface area contributed by atoms with Crippen molar-refractivity contribution in [1.29, 1.82) is 0 Å². The number of hydrogen-bond donors (Lipinski definition) is 0. The van der Waals surface area contributed by atoms with E-state index >= 15 is 0 Å². The molecule has 0 aliphatic carbocycles. The Balaban J connectivity index is 1.25. The lowest BCUT2D eigenvalue weighted by atomic mass is 9.93. The zero-order valence-corrected chi connectivity index (χ0v) is 33.4. The molecule has 0 spiro atoms. The normalized spacial score (nSPS) is 11.3. The van der Waals surface area contributed by atoms with Crippen LogP contribution in [0.3, 0.4) is 0 Å². The van der Waals surface area contributed by atoms with Gasteiger partial charge in [0.15, 0.2) is 5.82 Å². The summed E-state index contributed by atoms with van der Waals surface area (Å²) in [6, 6.07) is 84.2. The summed E-state index contributed by atoms with van der Waals surface area (Å²) in [4.78, 5) is 10.5. The van der Waals surface area contributed by atoms with E-state index in [1.165, 1.54) is 33.0 Å². The summed E-state index contributed by atoms with van der Waals surface area (Å²) in [7, 11) is 0. The van der Waals surface area contributed by atoms with Crippen LogP contribution in [0, 0.1) is 0 Å². The molecule has 0 aliphatic heterocycles. The Morgan fingerprint density at radius 3 is 1.03 bits per heavy atom. The van der Waals surface area contributed by atoms with Crippen molar-refractivity contribution in [1.82, 2.24) is 14.5 Å². The van der Waals surface area contributed by atoms with Gasteiger partial charge in [-0.25, -0.2) is 9.97 Å². The van der Waals surface area contributed by atoms with Crippen LogP contribution in [0.2, 0.25) is 0 Å². The zero-order valence-electron chi connectivity index (χ0n) is 33.4. The van der Waals surface area contributed by atoms with Crippen LogP contribution < -0.4 is 0 Å². The number of fused-ring (bicyclic) bond motifs is 3. The molecule has 61 heavy (non-hydrogen) atoms. The van der Waals surface area contributed by atoms with Gasteiger partial charge in [-0.15, -0.1) is 0 Å². The van der Waals surface area contributed by atoms with E-state index in [1.807, 2.05) is 12.1 Å². The molecular weight excluding hydrogens is 739 g/mol. The molecule has 3 nitrogen and oxygen atoms in total. The van der Waals surface area contributed by atoms with E-state index in [0.717, 1.165) is 67.1 Å². The summed E-state index contributed by atoms with van der Waals surface area (Å²) in [6.45, 7) is 0. The van der Waals surface area contributed by atoms with Gasteiger partial charge in [-0.1, -0.05) is 194 Å². The highest BCUT2D eigenvalue weighted by Crippen LogP contribution is 2.46. The van der Waals surface area contributed by atoms with E-state index < -0.39 is 0 Å². The Hall–Kier alpha value is -8.14. The highest BCUT2D eigenvalue weighted by molar-refractivity contribution is 6.19. The van der Waals surface area contributed by atoms with Crippen LogP contribution in [0.25, 0.3) is 106 Å². The Morgan fingerprint density at radius 2 is 0.623 bits per heavy atom. The third-order valence-corrected chi connectivity index (χ3v) is 11.6. The molecule has 3 heteroatoms. The average molecular weight is 778 g/mol. The van der Waals surface area contributed by atoms with Gasteiger partial charge in [0, 0.05) is 44.3 Å². The largest absolute Gasteiger partial charge is 0.308 e. The van der Waals surface area contributed by atoms with Gasteiger partial charge < -0.3 is 4.57 Å². The predicted octanol–water partition coefficient (Wildman–Crippen LogP) is 15.2. The van der Waals surface area contributed by atoms with Gasteiger partial charge in [-0.05, 0) is 75.8 Å². The number of nitrogens with zero attached hydrogens (tertiary/aromatic N) is 3. The van der Waals surface area contributed by atoms with E-state index in [0.29, 0.717) is 5.82 Å². The maximum Gasteiger partial charge on any atom is 0.160 e. The summed E-state index contributed by atoms with van der Waals surface area (Å²) >= 11 is 0. The molecule has 9 aromatic carbocycles. The maximum absolute atomic E-state index is 5.25. The number of benzene rings is 9. The third-order valence-electron chi connectivity index (χ3n) is 11.6. The SMILES string of the molecule is c1ccc(-c2cc(-c3ccccc3)c3c(c2)c2cc(-c4ccccc4)cc(-c4ccccc4)c2n3-c2cccc(-c3nc(-c4ccccc4)cc(-c4ccccc4)n3)c2)cc1. The van der Waals surface area contributed by atoms with Gasteiger partial charge in [-0.3, -0.25) is 0 Å². The Bertz CT molecular complexity index is 3110. The van der Waals surface area contributed by atoms with Crippen LogP contribution in [0.4, 0.5) is 0 Å². The highest BCUT2D eigenvalue weighted by Gasteiger charge is 2.23. The fourth-order valence-electron chi connectivity index (χ4n) is 8.68. The van der Waals surface area contributed by atoms with Crippen molar-refractivity contribution in [2.75, 3.05) is 0 Å². The molecule has 2 heterocycles. The quantitative estimate of drug-likeness (QED) is 0.154. The molecular formula is C58H39N3. The van der Waals surface area contributed by atoms with Gasteiger partial charge in [0.05, 0.1) is 22.4 Å². The Labute approximate surface area is 355 Å². The summed E-state index contributed by atoms with van der Waals surface area (Å²) in [5.41, 5.74) is 17.4. The van der Waals surface area contributed by atoms with Gasteiger partial charge in [0.25, 0.3) is 0 Å². The van der Waals surface area contributed by atoms with Crippen LogP contribution in [0.1, 0.15) is 0 Å². The first-order valence-electron chi connectivity index (χ1n) is 20.7. The minimum atomic E-state index is 0.673. The maximum atomic E-state index is 5.25. The molecule has 0 saturated carbocycles.